The minimum absolute atomic E-state index is 0.104. The summed E-state index contributed by atoms with van der Waals surface area (Å²) < 4.78 is 0. The molecular formula is C24H49NO3. The van der Waals surface area contributed by atoms with Gasteiger partial charge in [0.1, 0.15) is 11.6 Å². The van der Waals surface area contributed by atoms with Gasteiger partial charge in [-0.25, -0.2) is 0 Å². The highest BCUT2D eigenvalue weighted by atomic mass is 16.2. The van der Waals surface area contributed by atoms with Crippen LogP contribution in [0, 0.1) is 29.6 Å². The van der Waals surface area contributed by atoms with Crippen molar-refractivity contribution in [2.45, 2.75) is 108 Å². The molecule has 0 aromatic heterocycles. The van der Waals surface area contributed by atoms with E-state index in [0.717, 1.165) is 19.3 Å². The molecule has 0 aliphatic heterocycles. The molecule has 0 heterocycles. The Balaban J connectivity index is -0.000000336. The third-order valence-corrected chi connectivity index (χ3v) is 3.48. The van der Waals surface area contributed by atoms with Crippen LogP contribution in [0.1, 0.15) is 102 Å². The van der Waals surface area contributed by atoms with Crippen molar-refractivity contribution in [2.24, 2.45) is 29.6 Å². The molecule has 0 aromatic rings. The van der Waals surface area contributed by atoms with Crippen molar-refractivity contribution < 1.29 is 14.4 Å². The molecule has 0 aromatic carbocycles. The van der Waals surface area contributed by atoms with E-state index in [1.807, 2.05) is 41.5 Å². The highest BCUT2D eigenvalue weighted by molar-refractivity contribution is 5.80. The van der Waals surface area contributed by atoms with Crippen LogP contribution in [0.5, 0.6) is 0 Å². The van der Waals surface area contributed by atoms with E-state index in [9.17, 15) is 14.4 Å². The lowest BCUT2D eigenvalue weighted by atomic mass is 9.99. The number of rotatable bonds is 9. The Hall–Kier alpha value is -1.19. The van der Waals surface area contributed by atoms with Gasteiger partial charge in [-0.1, -0.05) is 69.2 Å². The largest absolute Gasteiger partial charge is 0.354 e. The van der Waals surface area contributed by atoms with Crippen molar-refractivity contribution in [3.63, 3.8) is 0 Å². The van der Waals surface area contributed by atoms with Gasteiger partial charge in [0.25, 0.3) is 0 Å². The number of Topliss-reactive ketones (excluding diaryl/α,β-unsaturated/α-hetero) is 2. The molecule has 0 saturated carbocycles. The van der Waals surface area contributed by atoms with Gasteiger partial charge in [-0.15, -0.1) is 0 Å². The Morgan fingerprint density at radius 1 is 0.571 bits per heavy atom. The van der Waals surface area contributed by atoms with Crippen molar-refractivity contribution in [3.05, 3.63) is 0 Å². The molecule has 1 N–H and O–H groups in total. The Morgan fingerprint density at radius 3 is 1.07 bits per heavy atom. The van der Waals surface area contributed by atoms with Gasteiger partial charge in [0, 0.05) is 37.1 Å². The molecule has 0 radical (unpaired) electrons. The first-order chi connectivity index (χ1) is 12.6. The average molecular weight is 400 g/mol. The van der Waals surface area contributed by atoms with Crippen LogP contribution in [-0.2, 0) is 14.4 Å². The molecule has 0 bridgehead atoms. The summed E-state index contributed by atoms with van der Waals surface area (Å²) in [6.45, 7) is 24.1. The van der Waals surface area contributed by atoms with E-state index in [2.05, 4.69) is 46.9 Å². The lowest BCUT2D eigenvalue weighted by Gasteiger charge is -2.09. The van der Waals surface area contributed by atoms with E-state index >= 15 is 0 Å². The molecule has 0 saturated heterocycles. The third kappa shape index (κ3) is 27.0. The van der Waals surface area contributed by atoms with Crippen LogP contribution in [-0.4, -0.2) is 23.5 Å². The SMILES string of the molecule is CC(C)CC(=O)C(C)C.CC(C)CC(=O)CC(C)C.CC(C)NC(=O)C(C)C. The highest BCUT2D eigenvalue weighted by Crippen LogP contribution is 2.08. The van der Waals surface area contributed by atoms with Crippen LogP contribution in [0.25, 0.3) is 0 Å². The summed E-state index contributed by atoms with van der Waals surface area (Å²) in [6, 6.07) is 0.264. The predicted molar refractivity (Wildman–Crippen MR) is 121 cm³/mol. The number of carbonyl (C=O) groups is 3. The van der Waals surface area contributed by atoms with Crippen LogP contribution in [0.4, 0.5) is 0 Å². The molecule has 28 heavy (non-hydrogen) atoms. The molecule has 1 amide bonds. The average Bonchev–Trinajstić information content (AvgIpc) is 2.44. The Labute approximate surface area is 175 Å². The maximum atomic E-state index is 11.1. The van der Waals surface area contributed by atoms with Gasteiger partial charge in [-0.05, 0) is 31.6 Å². The highest BCUT2D eigenvalue weighted by Gasteiger charge is 2.08. The number of hydrogen-bond acceptors (Lipinski definition) is 3. The van der Waals surface area contributed by atoms with Crippen LogP contribution >= 0.6 is 0 Å². The summed E-state index contributed by atoms with van der Waals surface area (Å²) in [6.07, 6.45) is 2.23. The molecule has 0 aliphatic rings. The van der Waals surface area contributed by atoms with E-state index < -0.39 is 0 Å². The molecule has 0 aliphatic carbocycles. The summed E-state index contributed by atoms with van der Waals surface area (Å²) in [5.41, 5.74) is 0. The standard InChI is InChI=1S/C9H18O.C8H16O.C7H15NO/c1-7(2)5-9(10)6-8(3)4;1-6(2)5-8(9)7(3)4;1-5(2)7(9)8-6(3)4/h7-8H,5-6H2,1-4H3;6-7H,5H2,1-4H3;5-6H,1-4H3,(H,8,9). The van der Waals surface area contributed by atoms with Gasteiger partial charge in [0.15, 0.2) is 0 Å². The lowest BCUT2D eigenvalue weighted by molar-refractivity contribution is -0.124. The molecule has 0 spiro atoms. The Morgan fingerprint density at radius 2 is 0.929 bits per heavy atom. The Bertz CT molecular complexity index is 384. The van der Waals surface area contributed by atoms with E-state index in [0.29, 0.717) is 29.3 Å². The minimum atomic E-state index is 0.104. The summed E-state index contributed by atoms with van der Waals surface area (Å²) in [5.74, 6) is 2.79. The maximum absolute atomic E-state index is 11.1. The zero-order valence-corrected chi connectivity index (χ0v) is 20.8. The fourth-order valence-electron chi connectivity index (χ4n) is 2.08. The predicted octanol–water partition coefficient (Wildman–Crippen LogP) is 6.07. The fourth-order valence-corrected chi connectivity index (χ4v) is 2.08. The van der Waals surface area contributed by atoms with Crippen molar-refractivity contribution >= 4 is 17.5 Å². The number of carbonyl (C=O) groups excluding carboxylic acids is 3. The van der Waals surface area contributed by atoms with Crippen molar-refractivity contribution in [3.8, 4) is 0 Å². The smallest absolute Gasteiger partial charge is 0.222 e. The number of hydrogen-bond donors (Lipinski definition) is 1. The zero-order chi connectivity index (χ0) is 23.0. The molecule has 0 fully saturated rings. The molecule has 0 rings (SSSR count). The summed E-state index contributed by atoms with van der Waals surface area (Å²) >= 11 is 0. The first kappa shape index (κ1) is 31.5. The molecular weight excluding hydrogens is 350 g/mol. The quantitative estimate of drug-likeness (QED) is 0.511. The first-order valence-electron chi connectivity index (χ1n) is 10.9. The zero-order valence-electron chi connectivity index (χ0n) is 20.8. The van der Waals surface area contributed by atoms with Gasteiger partial charge < -0.3 is 5.32 Å². The van der Waals surface area contributed by atoms with E-state index in [1.54, 1.807) is 0 Å². The normalized spacial score (nSPS) is 10.8. The van der Waals surface area contributed by atoms with Gasteiger partial charge in [-0.3, -0.25) is 14.4 Å². The molecule has 0 unspecified atom stereocenters. The summed E-state index contributed by atoms with van der Waals surface area (Å²) in [7, 11) is 0. The van der Waals surface area contributed by atoms with E-state index in [1.165, 1.54) is 0 Å². The van der Waals surface area contributed by atoms with Crippen molar-refractivity contribution in [2.75, 3.05) is 0 Å². The second-order valence-electron chi connectivity index (χ2n) is 9.77. The Kier molecular flexibility index (Phi) is 20.1. The van der Waals surface area contributed by atoms with Crippen LogP contribution in [0.15, 0.2) is 0 Å². The van der Waals surface area contributed by atoms with Gasteiger partial charge >= 0.3 is 0 Å². The monoisotopic (exact) mass is 399 g/mol. The van der Waals surface area contributed by atoms with Gasteiger partial charge in [-0.2, -0.15) is 0 Å². The molecule has 4 nitrogen and oxygen atoms in total. The van der Waals surface area contributed by atoms with Gasteiger partial charge in [0.05, 0.1) is 0 Å². The van der Waals surface area contributed by atoms with Crippen molar-refractivity contribution in [1.29, 1.82) is 0 Å². The second-order valence-corrected chi connectivity index (χ2v) is 9.77. The second kappa shape index (κ2) is 17.9. The molecule has 168 valence electrons. The summed E-state index contributed by atoms with van der Waals surface area (Å²) in [4.78, 5) is 32.9. The molecule has 4 heteroatoms. The van der Waals surface area contributed by atoms with Crippen molar-refractivity contribution in [1.82, 2.24) is 5.32 Å². The minimum Gasteiger partial charge on any atom is -0.354 e. The topological polar surface area (TPSA) is 63.2 Å². The number of amides is 1. The molecule has 0 atom stereocenters. The van der Waals surface area contributed by atoms with Gasteiger partial charge in [0.2, 0.25) is 5.91 Å². The fraction of sp³-hybridized carbons (Fsp3) is 0.875. The van der Waals surface area contributed by atoms with E-state index in [-0.39, 0.29) is 23.8 Å². The number of ketones is 2. The summed E-state index contributed by atoms with van der Waals surface area (Å²) in [5, 5.41) is 2.80. The van der Waals surface area contributed by atoms with Crippen LogP contribution < -0.4 is 5.32 Å². The maximum Gasteiger partial charge on any atom is 0.222 e. The number of nitrogens with one attached hydrogen (secondary N) is 1. The third-order valence-electron chi connectivity index (χ3n) is 3.48. The van der Waals surface area contributed by atoms with E-state index in [4.69, 9.17) is 0 Å². The van der Waals surface area contributed by atoms with Crippen LogP contribution in [0.3, 0.4) is 0 Å². The van der Waals surface area contributed by atoms with Crippen LogP contribution in [0.2, 0.25) is 0 Å². The first-order valence-corrected chi connectivity index (χ1v) is 10.9. The lowest BCUT2D eigenvalue weighted by Crippen LogP contribution is -2.33.